The first-order valence-corrected chi connectivity index (χ1v) is 7.76. The van der Waals surface area contributed by atoms with Crippen molar-refractivity contribution in [3.63, 3.8) is 0 Å². The standard InChI is InChI=1S/C16H23ClN2O3/c1-3-14(8-9-20)19-16(22)10-15(18-11(2)21)12-4-6-13(17)7-5-12/h4-7,14-15,20H,3,8-10H2,1-2H3,(H,18,21)(H,19,22). The number of rotatable bonds is 8. The molecule has 122 valence electrons. The van der Waals surface area contributed by atoms with E-state index in [9.17, 15) is 9.59 Å². The van der Waals surface area contributed by atoms with Crippen molar-refractivity contribution in [1.29, 1.82) is 0 Å². The number of carbonyl (C=O) groups is 2. The van der Waals surface area contributed by atoms with Gasteiger partial charge >= 0.3 is 0 Å². The Hall–Kier alpha value is -1.59. The molecule has 0 heterocycles. The van der Waals surface area contributed by atoms with E-state index < -0.39 is 6.04 Å². The van der Waals surface area contributed by atoms with Crippen molar-refractivity contribution in [2.45, 2.75) is 45.2 Å². The van der Waals surface area contributed by atoms with Gasteiger partial charge < -0.3 is 15.7 Å². The van der Waals surface area contributed by atoms with Crippen LogP contribution in [0.25, 0.3) is 0 Å². The van der Waals surface area contributed by atoms with E-state index in [0.29, 0.717) is 11.4 Å². The molecule has 1 aromatic carbocycles. The van der Waals surface area contributed by atoms with Gasteiger partial charge in [0.1, 0.15) is 0 Å². The zero-order chi connectivity index (χ0) is 16.5. The number of aliphatic hydroxyl groups excluding tert-OH is 1. The summed E-state index contributed by atoms with van der Waals surface area (Å²) >= 11 is 5.86. The van der Waals surface area contributed by atoms with Crippen molar-refractivity contribution >= 4 is 23.4 Å². The van der Waals surface area contributed by atoms with Crippen LogP contribution in [0.15, 0.2) is 24.3 Å². The molecule has 1 aromatic rings. The first-order chi connectivity index (χ1) is 10.5. The van der Waals surface area contributed by atoms with E-state index in [-0.39, 0.29) is 30.9 Å². The van der Waals surface area contributed by atoms with E-state index in [2.05, 4.69) is 10.6 Å². The summed E-state index contributed by atoms with van der Waals surface area (Å²) in [5, 5.41) is 15.2. The molecule has 3 N–H and O–H groups in total. The van der Waals surface area contributed by atoms with Crippen molar-refractivity contribution in [1.82, 2.24) is 10.6 Å². The van der Waals surface area contributed by atoms with Crippen LogP contribution in [0, 0.1) is 0 Å². The molecule has 0 aliphatic carbocycles. The van der Waals surface area contributed by atoms with Gasteiger partial charge in [0.25, 0.3) is 0 Å². The lowest BCUT2D eigenvalue weighted by molar-refractivity contribution is -0.123. The van der Waals surface area contributed by atoms with Crippen LogP contribution in [-0.4, -0.2) is 29.6 Å². The van der Waals surface area contributed by atoms with Gasteiger partial charge in [-0.05, 0) is 30.5 Å². The molecule has 0 aliphatic rings. The van der Waals surface area contributed by atoms with Crippen LogP contribution in [0.1, 0.15) is 44.7 Å². The molecule has 5 nitrogen and oxygen atoms in total. The third-order valence-electron chi connectivity index (χ3n) is 3.37. The zero-order valence-electron chi connectivity index (χ0n) is 12.9. The van der Waals surface area contributed by atoms with Crippen LogP contribution in [0.3, 0.4) is 0 Å². The van der Waals surface area contributed by atoms with Gasteiger partial charge in [0.15, 0.2) is 0 Å². The number of carbonyl (C=O) groups excluding carboxylic acids is 2. The predicted octanol–water partition coefficient (Wildman–Crippen LogP) is 2.18. The Bertz CT molecular complexity index is 491. The van der Waals surface area contributed by atoms with E-state index in [1.807, 2.05) is 6.92 Å². The summed E-state index contributed by atoms with van der Waals surface area (Å²) in [4.78, 5) is 23.5. The highest BCUT2D eigenvalue weighted by Gasteiger charge is 2.18. The average Bonchev–Trinajstić information content (AvgIpc) is 2.46. The average molecular weight is 327 g/mol. The fourth-order valence-corrected chi connectivity index (χ4v) is 2.32. The van der Waals surface area contributed by atoms with E-state index in [0.717, 1.165) is 12.0 Å². The van der Waals surface area contributed by atoms with Crippen LogP contribution in [-0.2, 0) is 9.59 Å². The van der Waals surface area contributed by atoms with E-state index >= 15 is 0 Å². The molecule has 0 saturated heterocycles. The summed E-state index contributed by atoms with van der Waals surface area (Å²) in [6.45, 7) is 3.40. The number of hydrogen-bond donors (Lipinski definition) is 3. The van der Waals surface area contributed by atoms with Gasteiger partial charge in [-0.1, -0.05) is 30.7 Å². The summed E-state index contributed by atoms with van der Waals surface area (Å²) in [6.07, 6.45) is 1.41. The quantitative estimate of drug-likeness (QED) is 0.685. The van der Waals surface area contributed by atoms with Gasteiger partial charge in [0.05, 0.1) is 12.5 Å². The number of nitrogens with one attached hydrogen (secondary N) is 2. The molecule has 6 heteroatoms. The lowest BCUT2D eigenvalue weighted by Gasteiger charge is -2.21. The van der Waals surface area contributed by atoms with E-state index in [1.165, 1.54) is 6.92 Å². The molecule has 0 spiro atoms. The summed E-state index contributed by atoms with van der Waals surface area (Å²) in [7, 11) is 0. The second-order valence-corrected chi connectivity index (χ2v) is 5.63. The minimum Gasteiger partial charge on any atom is -0.396 e. The Balaban J connectivity index is 2.74. The van der Waals surface area contributed by atoms with Gasteiger partial charge in [0.2, 0.25) is 11.8 Å². The molecule has 22 heavy (non-hydrogen) atoms. The van der Waals surface area contributed by atoms with Gasteiger partial charge in [-0.3, -0.25) is 9.59 Å². The first-order valence-electron chi connectivity index (χ1n) is 7.39. The first kappa shape index (κ1) is 18.5. The van der Waals surface area contributed by atoms with Crippen LogP contribution in [0.4, 0.5) is 0 Å². The molecule has 2 unspecified atom stereocenters. The molecule has 0 fully saturated rings. The fourth-order valence-electron chi connectivity index (χ4n) is 2.20. The summed E-state index contributed by atoms with van der Waals surface area (Å²) in [5.74, 6) is -0.357. The van der Waals surface area contributed by atoms with Crippen molar-refractivity contribution in [2.75, 3.05) is 6.61 Å². The number of aliphatic hydroxyl groups is 1. The second kappa shape index (κ2) is 9.43. The van der Waals surface area contributed by atoms with Gasteiger partial charge in [0, 0.05) is 24.6 Å². The smallest absolute Gasteiger partial charge is 0.222 e. The lowest BCUT2D eigenvalue weighted by atomic mass is 10.0. The number of amides is 2. The van der Waals surface area contributed by atoms with Gasteiger partial charge in [-0.2, -0.15) is 0 Å². The molecule has 0 aliphatic heterocycles. The van der Waals surface area contributed by atoms with Gasteiger partial charge in [-0.25, -0.2) is 0 Å². The lowest BCUT2D eigenvalue weighted by Crippen LogP contribution is -2.38. The number of benzene rings is 1. The van der Waals surface area contributed by atoms with Crippen molar-refractivity contribution in [3.05, 3.63) is 34.9 Å². The maximum Gasteiger partial charge on any atom is 0.222 e. The highest BCUT2D eigenvalue weighted by atomic mass is 35.5. The molecule has 0 radical (unpaired) electrons. The summed E-state index contributed by atoms with van der Waals surface area (Å²) in [6, 6.07) is 6.58. The molecule has 2 atom stereocenters. The molecule has 2 amide bonds. The molecule has 0 saturated carbocycles. The maximum atomic E-state index is 12.1. The summed E-state index contributed by atoms with van der Waals surface area (Å²) in [5.41, 5.74) is 0.824. The Kier molecular flexibility index (Phi) is 7.91. The normalized spacial score (nSPS) is 13.3. The monoisotopic (exact) mass is 326 g/mol. The fraction of sp³-hybridized carbons (Fsp3) is 0.500. The van der Waals surface area contributed by atoms with Crippen LogP contribution >= 0.6 is 11.6 Å². The van der Waals surface area contributed by atoms with Gasteiger partial charge in [-0.15, -0.1) is 0 Å². The molecule has 0 aromatic heterocycles. The Morgan fingerprint density at radius 1 is 1.23 bits per heavy atom. The molecular weight excluding hydrogens is 304 g/mol. The third-order valence-corrected chi connectivity index (χ3v) is 3.63. The van der Waals surface area contributed by atoms with E-state index in [4.69, 9.17) is 16.7 Å². The van der Waals surface area contributed by atoms with E-state index in [1.54, 1.807) is 24.3 Å². The van der Waals surface area contributed by atoms with Crippen LogP contribution < -0.4 is 10.6 Å². The third kappa shape index (κ3) is 6.45. The number of hydrogen-bond acceptors (Lipinski definition) is 3. The number of halogens is 1. The largest absolute Gasteiger partial charge is 0.396 e. The minimum absolute atomic E-state index is 0.0328. The maximum absolute atomic E-state index is 12.1. The van der Waals surface area contributed by atoms with Crippen molar-refractivity contribution in [2.24, 2.45) is 0 Å². The zero-order valence-corrected chi connectivity index (χ0v) is 13.7. The van der Waals surface area contributed by atoms with Crippen LogP contribution in [0.5, 0.6) is 0 Å². The van der Waals surface area contributed by atoms with Crippen LogP contribution in [0.2, 0.25) is 5.02 Å². The molecule has 1 rings (SSSR count). The highest BCUT2D eigenvalue weighted by molar-refractivity contribution is 6.30. The topological polar surface area (TPSA) is 78.4 Å². The SMILES string of the molecule is CCC(CCO)NC(=O)CC(NC(C)=O)c1ccc(Cl)cc1. The summed E-state index contributed by atoms with van der Waals surface area (Å²) < 4.78 is 0. The minimum atomic E-state index is -0.401. The Labute approximate surface area is 136 Å². The molecular formula is C16H23ClN2O3. The Morgan fingerprint density at radius 3 is 2.36 bits per heavy atom. The second-order valence-electron chi connectivity index (χ2n) is 5.19. The Morgan fingerprint density at radius 2 is 1.86 bits per heavy atom. The highest BCUT2D eigenvalue weighted by Crippen LogP contribution is 2.19. The predicted molar refractivity (Wildman–Crippen MR) is 86.6 cm³/mol. The van der Waals surface area contributed by atoms with Crippen molar-refractivity contribution < 1.29 is 14.7 Å². The van der Waals surface area contributed by atoms with Crippen molar-refractivity contribution in [3.8, 4) is 0 Å². The molecule has 0 bridgehead atoms.